The van der Waals surface area contributed by atoms with Crippen LogP contribution in [-0.2, 0) is 21.2 Å². The van der Waals surface area contributed by atoms with E-state index in [4.69, 9.17) is 14.7 Å². The summed E-state index contributed by atoms with van der Waals surface area (Å²) in [5, 5.41) is 11.5. The van der Waals surface area contributed by atoms with Crippen molar-refractivity contribution in [3.05, 3.63) is 78.4 Å². The molecule has 0 fully saturated rings. The first-order valence-corrected chi connectivity index (χ1v) is 11.6. The lowest BCUT2D eigenvalue weighted by molar-refractivity contribution is -0.122. The fourth-order valence-corrected chi connectivity index (χ4v) is 4.94. The SMILES string of the molecule is COc1ccc(S(=O)(=O)N2CC(C(=O)Nc3ccc(CC#N)cc3)Oc3ccccc32)cc1. The zero-order chi connectivity index (χ0) is 23.4. The van der Waals surface area contributed by atoms with E-state index in [9.17, 15) is 13.2 Å². The zero-order valence-electron chi connectivity index (χ0n) is 17.8. The molecule has 1 heterocycles. The molecule has 1 atom stereocenters. The first-order valence-electron chi connectivity index (χ1n) is 10.1. The van der Waals surface area contributed by atoms with Crippen LogP contribution in [0.5, 0.6) is 11.5 Å². The summed E-state index contributed by atoms with van der Waals surface area (Å²) in [6, 6.07) is 21.7. The molecule has 3 aromatic rings. The van der Waals surface area contributed by atoms with Crippen molar-refractivity contribution in [3.63, 3.8) is 0 Å². The van der Waals surface area contributed by atoms with Gasteiger partial charge in [0.05, 0.1) is 36.7 Å². The molecule has 4 rings (SSSR count). The van der Waals surface area contributed by atoms with Gasteiger partial charge in [0.15, 0.2) is 6.10 Å². The highest BCUT2D eigenvalue weighted by atomic mass is 32.2. The summed E-state index contributed by atoms with van der Waals surface area (Å²) < 4.78 is 39.0. The average molecular weight is 464 g/mol. The molecule has 1 aliphatic heterocycles. The topological polar surface area (TPSA) is 109 Å². The minimum atomic E-state index is -3.96. The van der Waals surface area contributed by atoms with Crippen molar-refractivity contribution < 1.29 is 22.7 Å². The van der Waals surface area contributed by atoms with Gasteiger partial charge in [-0.2, -0.15) is 5.26 Å². The molecule has 3 aromatic carbocycles. The van der Waals surface area contributed by atoms with Crippen LogP contribution < -0.4 is 19.1 Å². The monoisotopic (exact) mass is 463 g/mol. The number of nitrogens with one attached hydrogen (secondary N) is 1. The Morgan fingerprint density at radius 3 is 2.48 bits per heavy atom. The fraction of sp³-hybridized carbons (Fsp3) is 0.167. The van der Waals surface area contributed by atoms with Crippen molar-refractivity contribution >= 4 is 27.3 Å². The lowest BCUT2D eigenvalue weighted by Gasteiger charge is -2.34. The summed E-state index contributed by atoms with van der Waals surface area (Å²) in [6.07, 6.45) is -0.790. The normalized spacial score (nSPS) is 15.0. The molecule has 9 heteroatoms. The van der Waals surface area contributed by atoms with E-state index in [2.05, 4.69) is 11.4 Å². The fourth-order valence-electron chi connectivity index (χ4n) is 3.46. The number of para-hydroxylation sites is 2. The number of carbonyl (C=O) groups excluding carboxylic acids is 1. The standard InChI is InChI=1S/C24H21N3O5S/c1-31-19-10-12-20(13-11-19)33(29,30)27-16-23(32-22-5-3-2-4-21(22)27)24(28)26-18-8-6-17(7-9-18)14-15-25/h2-13,23H,14,16H2,1H3,(H,26,28). The van der Waals surface area contributed by atoms with Crippen LogP contribution in [0.3, 0.4) is 0 Å². The summed E-state index contributed by atoms with van der Waals surface area (Å²) in [4.78, 5) is 13.0. The molecule has 1 unspecified atom stereocenters. The van der Waals surface area contributed by atoms with Crippen LogP contribution in [0.15, 0.2) is 77.7 Å². The van der Waals surface area contributed by atoms with Crippen LogP contribution in [0.25, 0.3) is 0 Å². The van der Waals surface area contributed by atoms with E-state index >= 15 is 0 Å². The molecule has 0 bridgehead atoms. The summed E-state index contributed by atoms with van der Waals surface area (Å²) >= 11 is 0. The van der Waals surface area contributed by atoms with Gasteiger partial charge in [-0.3, -0.25) is 9.10 Å². The highest BCUT2D eigenvalue weighted by molar-refractivity contribution is 7.92. The predicted octanol–water partition coefficient (Wildman–Crippen LogP) is 3.36. The number of rotatable bonds is 6. The van der Waals surface area contributed by atoms with Crippen molar-refractivity contribution in [2.24, 2.45) is 0 Å². The predicted molar refractivity (Wildman–Crippen MR) is 123 cm³/mol. The summed E-state index contributed by atoms with van der Waals surface area (Å²) in [5.41, 5.74) is 1.71. The zero-order valence-corrected chi connectivity index (χ0v) is 18.6. The second-order valence-corrected chi connectivity index (χ2v) is 9.17. The number of sulfonamides is 1. The number of carbonyl (C=O) groups is 1. The van der Waals surface area contributed by atoms with E-state index in [1.165, 1.54) is 23.5 Å². The van der Waals surface area contributed by atoms with Gasteiger partial charge in [0, 0.05) is 5.69 Å². The van der Waals surface area contributed by atoms with E-state index in [0.29, 0.717) is 22.9 Å². The smallest absolute Gasteiger partial charge is 0.267 e. The number of benzene rings is 3. The Hall–Kier alpha value is -4.03. The second kappa shape index (κ2) is 9.22. The third-order valence-electron chi connectivity index (χ3n) is 5.18. The van der Waals surface area contributed by atoms with E-state index in [-0.39, 0.29) is 17.9 Å². The van der Waals surface area contributed by atoms with Gasteiger partial charge >= 0.3 is 0 Å². The van der Waals surface area contributed by atoms with Gasteiger partial charge in [-0.25, -0.2) is 8.42 Å². The molecule has 0 saturated carbocycles. The number of nitriles is 1. The van der Waals surface area contributed by atoms with Crippen LogP contribution in [0.1, 0.15) is 5.56 Å². The van der Waals surface area contributed by atoms with Crippen molar-refractivity contribution in [2.45, 2.75) is 17.4 Å². The third-order valence-corrected chi connectivity index (χ3v) is 6.97. The Morgan fingerprint density at radius 1 is 1.12 bits per heavy atom. The number of amides is 1. The van der Waals surface area contributed by atoms with Gasteiger partial charge in [-0.15, -0.1) is 0 Å². The number of fused-ring (bicyclic) bond motifs is 1. The molecule has 1 N–H and O–H groups in total. The van der Waals surface area contributed by atoms with Crippen molar-refractivity contribution in [3.8, 4) is 17.6 Å². The lowest BCUT2D eigenvalue weighted by Crippen LogP contribution is -2.48. The molecule has 0 spiro atoms. The van der Waals surface area contributed by atoms with E-state index in [0.717, 1.165) is 5.56 Å². The van der Waals surface area contributed by atoms with Crippen molar-refractivity contribution in [2.75, 3.05) is 23.3 Å². The minimum Gasteiger partial charge on any atom is -0.497 e. The lowest BCUT2D eigenvalue weighted by atomic mass is 10.1. The maximum atomic E-state index is 13.4. The van der Waals surface area contributed by atoms with E-state index in [1.807, 2.05) is 0 Å². The number of hydrogen-bond donors (Lipinski definition) is 1. The Bertz CT molecular complexity index is 1300. The first kappa shape index (κ1) is 22.2. The molecule has 1 aliphatic rings. The molecular weight excluding hydrogens is 442 g/mol. The molecule has 0 saturated heterocycles. The minimum absolute atomic E-state index is 0.0762. The van der Waals surface area contributed by atoms with Gasteiger partial charge in [-0.05, 0) is 54.1 Å². The maximum Gasteiger partial charge on any atom is 0.267 e. The highest BCUT2D eigenvalue weighted by Crippen LogP contribution is 2.37. The number of methoxy groups -OCH3 is 1. The maximum absolute atomic E-state index is 13.4. The van der Waals surface area contributed by atoms with Crippen LogP contribution >= 0.6 is 0 Å². The van der Waals surface area contributed by atoms with Crippen molar-refractivity contribution in [1.29, 1.82) is 5.26 Å². The van der Waals surface area contributed by atoms with Gasteiger partial charge < -0.3 is 14.8 Å². The molecule has 0 aliphatic carbocycles. The van der Waals surface area contributed by atoms with E-state index in [1.54, 1.807) is 60.7 Å². The highest BCUT2D eigenvalue weighted by Gasteiger charge is 2.37. The quantitative estimate of drug-likeness (QED) is 0.601. The van der Waals surface area contributed by atoms with Gasteiger partial charge in [0.2, 0.25) is 0 Å². The van der Waals surface area contributed by atoms with Crippen LogP contribution in [-0.4, -0.2) is 34.1 Å². The molecule has 1 amide bonds. The summed E-state index contributed by atoms with van der Waals surface area (Å²) in [5.74, 6) is 0.354. The molecule has 0 radical (unpaired) electrons. The van der Waals surface area contributed by atoms with Crippen LogP contribution in [0.4, 0.5) is 11.4 Å². The summed E-state index contributed by atoms with van der Waals surface area (Å²) in [6.45, 7) is -0.191. The number of hydrogen-bond acceptors (Lipinski definition) is 6. The molecular formula is C24H21N3O5S. The van der Waals surface area contributed by atoms with Gasteiger partial charge in [-0.1, -0.05) is 24.3 Å². The first-order chi connectivity index (χ1) is 15.9. The molecule has 168 valence electrons. The molecule has 8 nitrogen and oxygen atoms in total. The average Bonchev–Trinajstić information content (AvgIpc) is 2.84. The Kier molecular flexibility index (Phi) is 6.20. The Labute approximate surface area is 192 Å². The summed E-state index contributed by atoms with van der Waals surface area (Å²) in [7, 11) is -2.46. The largest absolute Gasteiger partial charge is 0.497 e. The van der Waals surface area contributed by atoms with E-state index < -0.39 is 22.0 Å². The molecule has 0 aromatic heterocycles. The van der Waals surface area contributed by atoms with Crippen LogP contribution in [0.2, 0.25) is 0 Å². The number of nitrogens with zero attached hydrogens (tertiary/aromatic N) is 2. The Morgan fingerprint density at radius 2 is 1.82 bits per heavy atom. The third kappa shape index (κ3) is 4.61. The van der Waals surface area contributed by atoms with Gasteiger partial charge in [0.1, 0.15) is 11.5 Å². The Balaban J connectivity index is 1.60. The second-order valence-electron chi connectivity index (χ2n) is 7.31. The van der Waals surface area contributed by atoms with Crippen LogP contribution in [0, 0.1) is 11.3 Å². The number of anilines is 2. The number of ether oxygens (including phenoxy) is 2. The van der Waals surface area contributed by atoms with Gasteiger partial charge in [0.25, 0.3) is 15.9 Å². The molecule has 33 heavy (non-hydrogen) atoms. The van der Waals surface area contributed by atoms with Crippen molar-refractivity contribution in [1.82, 2.24) is 0 Å².